The third-order valence-corrected chi connectivity index (χ3v) is 3.35. The predicted octanol–water partition coefficient (Wildman–Crippen LogP) is 4.68. The Morgan fingerprint density at radius 2 is 1.89 bits per heavy atom. The number of allylic oxidation sites excluding steroid dienone is 1. The summed E-state index contributed by atoms with van der Waals surface area (Å²) in [6, 6.07) is 5.39. The molecule has 1 aromatic rings. The van der Waals surface area contributed by atoms with E-state index >= 15 is 0 Å². The van der Waals surface area contributed by atoms with Gasteiger partial charge in [0, 0.05) is 6.61 Å². The Morgan fingerprint density at radius 3 is 2.37 bits per heavy atom. The maximum Gasteiger partial charge on any atom is 0.416 e. The smallest absolute Gasteiger partial charge is 0.378 e. The monoisotopic (exact) mass is 270 g/mol. The van der Waals surface area contributed by atoms with Crippen LogP contribution in [0.15, 0.2) is 30.3 Å². The molecule has 0 amide bonds. The molecule has 2 rings (SSSR count). The van der Waals surface area contributed by atoms with E-state index in [0.717, 1.165) is 42.5 Å². The van der Waals surface area contributed by atoms with Crippen molar-refractivity contribution in [2.24, 2.45) is 0 Å². The van der Waals surface area contributed by atoms with Gasteiger partial charge >= 0.3 is 6.18 Å². The van der Waals surface area contributed by atoms with Crippen LogP contribution in [0.5, 0.6) is 0 Å². The van der Waals surface area contributed by atoms with Gasteiger partial charge in [-0.2, -0.15) is 13.2 Å². The van der Waals surface area contributed by atoms with Crippen molar-refractivity contribution in [2.45, 2.75) is 38.5 Å². The van der Waals surface area contributed by atoms with E-state index < -0.39 is 11.7 Å². The standard InChI is InChI=1S/C15H17F3O/c1-2-19-14-9-5-12(6-10-14)11-3-7-13(8-4-11)15(16,17)18/h3-5,7-8,14H,2,6,9-10H2,1H3. The molecule has 4 heteroatoms. The second kappa shape index (κ2) is 5.78. The first kappa shape index (κ1) is 14.1. The van der Waals surface area contributed by atoms with Gasteiger partial charge in [0.15, 0.2) is 0 Å². The summed E-state index contributed by atoms with van der Waals surface area (Å²) in [6.45, 7) is 2.67. The molecule has 0 N–H and O–H groups in total. The van der Waals surface area contributed by atoms with Crippen molar-refractivity contribution in [3.05, 3.63) is 41.5 Å². The Bertz CT molecular complexity index is 445. The van der Waals surface area contributed by atoms with Gasteiger partial charge in [-0.3, -0.25) is 0 Å². The molecule has 0 fully saturated rings. The largest absolute Gasteiger partial charge is 0.416 e. The van der Waals surface area contributed by atoms with E-state index in [0.29, 0.717) is 6.61 Å². The summed E-state index contributed by atoms with van der Waals surface area (Å²) in [6.07, 6.45) is 0.690. The minimum absolute atomic E-state index is 0.253. The van der Waals surface area contributed by atoms with Crippen LogP contribution in [0.3, 0.4) is 0 Å². The highest BCUT2D eigenvalue weighted by atomic mass is 19.4. The Hall–Kier alpha value is -1.29. The number of ether oxygens (including phenoxy) is 1. The van der Waals surface area contributed by atoms with Crippen LogP contribution in [0.25, 0.3) is 5.57 Å². The molecule has 1 aliphatic rings. The Balaban J connectivity index is 2.07. The van der Waals surface area contributed by atoms with Crippen molar-refractivity contribution < 1.29 is 17.9 Å². The average Bonchev–Trinajstić information content (AvgIpc) is 2.39. The number of rotatable bonds is 3. The fourth-order valence-corrected chi connectivity index (χ4v) is 2.33. The van der Waals surface area contributed by atoms with Crippen molar-refractivity contribution in [3.63, 3.8) is 0 Å². The average molecular weight is 270 g/mol. The number of hydrogen-bond donors (Lipinski definition) is 0. The third kappa shape index (κ3) is 3.60. The van der Waals surface area contributed by atoms with Crippen LogP contribution >= 0.6 is 0 Å². The molecule has 1 aliphatic carbocycles. The number of halogens is 3. The molecule has 0 heterocycles. The fourth-order valence-electron chi connectivity index (χ4n) is 2.33. The quantitative estimate of drug-likeness (QED) is 0.775. The van der Waals surface area contributed by atoms with Gasteiger partial charge in [-0.1, -0.05) is 18.2 Å². The lowest BCUT2D eigenvalue weighted by Gasteiger charge is -2.22. The highest BCUT2D eigenvalue weighted by Gasteiger charge is 2.30. The summed E-state index contributed by atoms with van der Waals surface area (Å²) in [5.74, 6) is 0. The van der Waals surface area contributed by atoms with Crippen LogP contribution in [0.2, 0.25) is 0 Å². The van der Waals surface area contributed by atoms with Gasteiger partial charge in [-0.25, -0.2) is 0 Å². The molecule has 1 unspecified atom stereocenters. The summed E-state index contributed by atoms with van der Waals surface area (Å²) in [4.78, 5) is 0. The molecule has 1 nitrogen and oxygen atoms in total. The van der Waals surface area contributed by atoms with Crippen molar-refractivity contribution in [2.75, 3.05) is 6.61 Å². The second-order valence-electron chi connectivity index (χ2n) is 4.66. The molecule has 1 atom stereocenters. The summed E-state index contributed by atoms with van der Waals surface area (Å²) in [5, 5.41) is 0. The van der Waals surface area contributed by atoms with Crippen LogP contribution in [-0.2, 0) is 10.9 Å². The summed E-state index contributed by atoms with van der Waals surface area (Å²) < 4.78 is 42.9. The lowest BCUT2D eigenvalue weighted by molar-refractivity contribution is -0.137. The second-order valence-corrected chi connectivity index (χ2v) is 4.66. The lowest BCUT2D eigenvalue weighted by Crippen LogP contribution is -2.15. The zero-order valence-corrected chi connectivity index (χ0v) is 10.8. The maximum atomic E-state index is 12.5. The van der Waals surface area contributed by atoms with Crippen LogP contribution in [0.1, 0.15) is 37.3 Å². The lowest BCUT2D eigenvalue weighted by atomic mass is 9.91. The third-order valence-electron chi connectivity index (χ3n) is 3.35. The summed E-state index contributed by atoms with van der Waals surface area (Å²) in [5.41, 5.74) is 1.40. The van der Waals surface area contributed by atoms with Gasteiger partial charge in [0.05, 0.1) is 11.7 Å². The Kier molecular flexibility index (Phi) is 4.30. The topological polar surface area (TPSA) is 9.23 Å². The zero-order valence-electron chi connectivity index (χ0n) is 10.8. The summed E-state index contributed by atoms with van der Waals surface area (Å²) in [7, 11) is 0. The first-order valence-corrected chi connectivity index (χ1v) is 6.49. The molecule has 104 valence electrons. The number of benzene rings is 1. The molecule has 0 spiro atoms. The van der Waals surface area contributed by atoms with E-state index in [1.807, 2.05) is 6.92 Å². The van der Waals surface area contributed by atoms with E-state index in [-0.39, 0.29) is 6.10 Å². The maximum absolute atomic E-state index is 12.5. The van der Waals surface area contributed by atoms with Gasteiger partial charge in [0.1, 0.15) is 0 Å². The van der Waals surface area contributed by atoms with E-state index in [4.69, 9.17) is 4.74 Å². The van der Waals surface area contributed by atoms with Crippen molar-refractivity contribution >= 4 is 5.57 Å². The first-order valence-electron chi connectivity index (χ1n) is 6.49. The molecular weight excluding hydrogens is 253 g/mol. The van der Waals surface area contributed by atoms with Gasteiger partial charge in [-0.15, -0.1) is 0 Å². The molecule has 1 aromatic carbocycles. The number of hydrogen-bond acceptors (Lipinski definition) is 1. The Morgan fingerprint density at radius 1 is 1.21 bits per heavy atom. The zero-order chi connectivity index (χ0) is 13.9. The van der Waals surface area contributed by atoms with E-state index in [1.54, 1.807) is 12.1 Å². The van der Waals surface area contributed by atoms with Crippen LogP contribution in [0.4, 0.5) is 13.2 Å². The minimum Gasteiger partial charge on any atom is -0.378 e. The number of alkyl halides is 3. The van der Waals surface area contributed by atoms with Gasteiger partial charge in [0.25, 0.3) is 0 Å². The van der Waals surface area contributed by atoms with Crippen molar-refractivity contribution in [1.82, 2.24) is 0 Å². The highest BCUT2D eigenvalue weighted by molar-refractivity contribution is 5.66. The first-order chi connectivity index (χ1) is 9.00. The van der Waals surface area contributed by atoms with Gasteiger partial charge in [0.2, 0.25) is 0 Å². The highest BCUT2D eigenvalue weighted by Crippen LogP contribution is 2.32. The molecular formula is C15H17F3O. The molecule has 0 bridgehead atoms. The van der Waals surface area contributed by atoms with E-state index in [2.05, 4.69) is 6.08 Å². The van der Waals surface area contributed by atoms with Gasteiger partial charge < -0.3 is 4.74 Å². The molecule has 0 aliphatic heterocycles. The Labute approximate surface area is 111 Å². The van der Waals surface area contributed by atoms with Crippen LogP contribution < -0.4 is 0 Å². The van der Waals surface area contributed by atoms with Crippen LogP contribution in [-0.4, -0.2) is 12.7 Å². The van der Waals surface area contributed by atoms with E-state index in [1.165, 1.54) is 0 Å². The molecule has 0 saturated carbocycles. The molecule has 0 radical (unpaired) electrons. The van der Waals surface area contributed by atoms with Gasteiger partial charge in [-0.05, 0) is 49.5 Å². The van der Waals surface area contributed by atoms with Crippen molar-refractivity contribution in [3.8, 4) is 0 Å². The predicted molar refractivity (Wildman–Crippen MR) is 68.7 cm³/mol. The SMILES string of the molecule is CCOC1CC=C(c2ccc(C(F)(F)F)cc2)CC1. The normalized spacial score (nSPS) is 20.2. The molecule has 19 heavy (non-hydrogen) atoms. The van der Waals surface area contributed by atoms with Crippen LogP contribution in [0, 0.1) is 0 Å². The van der Waals surface area contributed by atoms with Crippen molar-refractivity contribution in [1.29, 1.82) is 0 Å². The summed E-state index contributed by atoms with van der Waals surface area (Å²) >= 11 is 0. The van der Waals surface area contributed by atoms with E-state index in [9.17, 15) is 13.2 Å². The fraction of sp³-hybridized carbons (Fsp3) is 0.467. The molecule has 0 aromatic heterocycles. The molecule has 0 saturated heterocycles. The minimum atomic E-state index is -4.26.